The van der Waals surface area contributed by atoms with Crippen molar-refractivity contribution in [3.63, 3.8) is 0 Å². The fourth-order valence-corrected chi connectivity index (χ4v) is 5.14. The van der Waals surface area contributed by atoms with Crippen molar-refractivity contribution in [3.05, 3.63) is 47.8 Å². The third kappa shape index (κ3) is 3.08. The summed E-state index contributed by atoms with van der Waals surface area (Å²) in [5.41, 5.74) is 13.9. The Bertz CT molecular complexity index is 1230. The van der Waals surface area contributed by atoms with Crippen LogP contribution in [0.2, 0.25) is 0 Å². The van der Waals surface area contributed by atoms with Crippen molar-refractivity contribution in [1.82, 2.24) is 14.9 Å². The van der Waals surface area contributed by atoms with E-state index in [-0.39, 0.29) is 17.8 Å². The zero-order chi connectivity index (χ0) is 22.6. The number of ether oxygens (including phenoxy) is 1. The van der Waals surface area contributed by atoms with E-state index < -0.39 is 11.6 Å². The minimum atomic E-state index is -1.08. The molecule has 1 saturated heterocycles. The van der Waals surface area contributed by atoms with Crippen LogP contribution in [0.25, 0.3) is 22.0 Å². The van der Waals surface area contributed by atoms with E-state index in [4.69, 9.17) is 16.2 Å². The highest BCUT2D eigenvalue weighted by atomic mass is 16.6. The molecule has 2 aromatic heterocycles. The van der Waals surface area contributed by atoms with Crippen LogP contribution in [0.15, 0.2) is 36.5 Å². The summed E-state index contributed by atoms with van der Waals surface area (Å²) in [5.74, 6) is -0.385. The van der Waals surface area contributed by atoms with Gasteiger partial charge in [-0.1, -0.05) is 18.2 Å². The third-order valence-electron chi connectivity index (χ3n) is 6.72. The Labute approximate surface area is 184 Å². The number of aromatic carboxylic acids is 1. The van der Waals surface area contributed by atoms with Gasteiger partial charge in [-0.2, -0.15) is 0 Å². The summed E-state index contributed by atoms with van der Waals surface area (Å²) in [5, 5.41) is 10.6. The number of carboxylic acid groups (broad SMARTS) is 1. The first-order chi connectivity index (χ1) is 15.3. The van der Waals surface area contributed by atoms with E-state index in [2.05, 4.69) is 9.97 Å². The number of nitrogens with zero attached hydrogens (tertiary/aromatic N) is 2. The van der Waals surface area contributed by atoms with E-state index in [1.54, 1.807) is 23.2 Å². The average molecular weight is 435 g/mol. The molecule has 0 unspecified atom stereocenters. The molecule has 1 aromatic carbocycles. The number of hydrogen-bond donors (Lipinski definition) is 4. The molecular weight excluding hydrogens is 410 g/mol. The van der Waals surface area contributed by atoms with Crippen LogP contribution in [-0.4, -0.2) is 50.7 Å². The Hall–Kier alpha value is -3.59. The van der Waals surface area contributed by atoms with Crippen LogP contribution >= 0.6 is 0 Å². The minimum Gasteiger partial charge on any atom is -0.477 e. The molecular formula is C23H25N5O4. The number of nitrogen functional groups attached to an aromatic ring is 1. The SMILES string of the molecule is C[C@@H](c1cccc2c(-c3ccnc(N)c3)c(C(=O)O)[nH]c12)N1CC2(CC(CN)C2)OC1=O. The van der Waals surface area contributed by atoms with Crippen LogP contribution in [0.4, 0.5) is 10.6 Å². The van der Waals surface area contributed by atoms with Crippen molar-refractivity contribution in [1.29, 1.82) is 0 Å². The summed E-state index contributed by atoms with van der Waals surface area (Å²) in [6.07, 6.45) is 2.76. The number of fused-ring (bicyclic) bond motifs is 1. The number of carbonyl (C=O) groups excluding carboxylic acids is 1. The summed E-state index contributed by atoms with van der Waals surface area (Å²) in [7, 11) is 0. The molecule has 1 amide bonds. The monoisotopic (exact) mass is 435 g/mol. The van der Waals surface area contributed by atoms with Gasteiger partial charge < -0.3 is 26.3 Å². The second-order valence-corrected chi connectivity index (χ2v) is 8.78. The molecule has 6 N–H and O–H groups in total. The number of aromatic nitrogens is 2. The molecule has 1 aliphatic carbocycles. The fraction of sp³-hybridized carbons (Fsp3) is 0.348. The van der Waals surface area contributed by atoms with Gasteiger partial charge in [0.25, 0.3) is 0 Å². The van der Waals surface area contributed by atoms with Crippen LogP contribution in [0, 0.1) is 5.92 Å². The Morgan fingerprint density at radius 3 is 2.88 bits per heavy atom. The van der Waals surface area contributed by atoms with Crippen LogP contribution in [0.5, 0.6) is 0 Å². The summed E-state index contributed by atoms with van der Waals surface area (Å²) >= 11 is 0. The first-order valence-electron chi connectivity index (χ1n) is 10.6. The lowest BCUT2D eigenvalue weighted by atomic mass is 9.71. The summed E-state index contributed by atoms with van der Waals surface area (Å²) < 4.78 is 5.74. The summed E-state index contributed by atoms with van der Waals surface area (Å²) in [6.45, 7) is 3.02. The molecule has 1 aliphatic heterocycles. The van der Waals surface area contributed by atoms with Gasteiger partial charge in [-0.15, -0.1) is 0 Å². The number of nitrogens with two attached hydrogens (primary N) is 2. The van der Waals surface area contributed by atoms with Crippen LogP contribution < -0.4 is 11.5 Å². The predicted octanol–water partition coefficient (Wildman–Crippen LogP) is 3.13. The standard InChI is InChI=1S/C23H25N5O4/c1-12(28-11-23(32-22(28)31)8-13(9-23)10-24)15-3-2-4-16-18(14-5-6-26-17(25)7-14)20(21(29)30)27-19(15)16/h2-7,12-13,27H,8-11,24H2,1H3,(H2,25,26)(H,29,30)/t12-,13?,23?/m0/s1. The average Bonchev–Trinajstić information content (AvgIpc) is 3.30. The first kappa shape index (κ1) is 20.3. The number of H-pyrrole nitrogens is 1. The lowest BCUT2D eigenvalue weighted by molar-refractivity contribution is -0.0439. The number of carboxylic acids is 1. The largest absolute Gasteiger partial charge is 0.477 e. The van der Waals surface area contributed by atoms with Gasteiger partial charge in [0.15, 0.2) is 0 Å². The topological polar surface area (TPSA) is 148 Å². The minimum absolute atomic E-state index is 0.0653. The summed E-state index contributed by atoms with van der Waals surface area (Å²) in [4.78, 5) is 33.6. The molecule has 166 valence electrons. The zero-order valence-corrected chi connectivity index (χ0v) is 17.7. The van der Waals surface area contributed by atoms with Crippen molar-refractivity contribution < 1.29 is 19.4 Å². The highest BCUT2D eigenvalue weighted by Gasteiger charge is 2.54. The molecule has 3 aromatic rings. The number of aromatic amines is 1. The van der Waals surface area contributed by atoms with Crippen LogP contribution in [0.3, 0.4) is 0 Å². The van der Waals surface area contributed by atoms with E-state index >= 15 is 0 Å². The Morgan fingerprint density at radius 1 is 1.41 bits per heavy atom. The number of rotatable bonds is 5. The second-order valence-electron chi connectivity index (χ2n) is 8.78. The lowest BCUT2D eigenvalue weighted by Gasteiger charge is -2.42. The van der Waals surface area contributed by atoms with Crippen molar-refractivity contribution in [2.45, 2.75) is 31.4 Å². The molecule has 5 rings (SSSR count). The molecule has 0 bridgehead atoms. The lowest BCUT2D eigenvalue weighted by Crippen LogP contribution is -2.49. The normalized spacial score (nSPS) is 23.4. The maximum absolute atomic E-state index is 12.7. The molecule has 9 heteroatoms. The van der Waals surface area contributed by atoms with E-state index in [1.807, 2.05) is 25.1 Å². The smallest absolute Gasteiger partial charge is 0.411 e. The molecule has 3 heterocycles. The Kier molecular flexibility index (Phi) is 4.59. The van der Waals surface area contributed by atoms with Gasteiger partial charge in [0, 0.05) is 17.1 Å². The van der Waals surface area contributed by atoms with E-state index in [1.165, 1.54) is 0 Å². The Morgan fingerprint density at radius 2 is 2.19 bits per heavy atom. The van der Waals surface area contributed by atoms with Crippen LogP contribution in [-0.2, 0) is 4.74 Å². The molecule has 1 spiro atoms. The third-order valence-corrected chi connectivity index (χ3v) is 6.72. The molecule has 2 fully saturated rings. The van der Waals surface area contributed by atoms with E-state index in [9.17, 15) is 14.7 Å². The van der Waals surface area contributed by atoms with Crippen molar-refractivity contribution >= 4 is 28.8 Å². The van der Waals surface area contributed by atoms with Gasteiger partial charge in [0.05, 0.1) is 18.1 Å². The number of carbonyl (C=O) groups is 2. The number of hydrogen-bond acceptors (Lipinski definition) is 6. The molecule has 1 atom stereocenters. The number of para-hydroxylation sites is 1. The first-order valence-corrected chi connectivity index (χ1v) is 10.6. The highest BCUT2D eigenvalue weighted by molar-refractivity contribution is 6.08. The van der Waals surface area contributed by atoms with E-state index in [0.717, 1.165) is 23.8 Å². The van der Waals surface area contributed by atoms with E-state index in [0.29, 0.717) is 41.5 Å². The van der Waals surface area contributed by atoms with Gasteiger partial charge in [0.2, 0.25) is 0 Å². The Balaban J connectivity index is 1.56. The molecule has 2 aliphatic rings. The number of benzene rings is 1. The van der Waals surface area contributed by atoms with Gasteiger partial charge in [-0.05, 0) is 55.5 Å². The quantitative estimate of drug-likeness (QED) is 0.481. The maximum atomic E-state index is 12.7. The van der Waals surface area contributed by atoms with Crippen LogP contribution in [0.1, 0.15) is 41.9 Å². The van der Waals surface area contributed by atoms with Gasteiger partial charge in [-0.25, -0.2) is 14.6 Å². The van der Waals surface area contributed by atoms with Gasteiger partial charge >= 0.3 is 12.1 Å². The fourth-order valence-electron chi connectivity index (χ4n) is 5.14. The van der Waals surface area contributed by atoms with Crippen molar-refractivity contribution in [3.8, 4) is 11.1 Å². The summed E-state index contributed by atoms with van der Waals surface area (Å²) in [6, 6.07) is 8.71. The van der Waals surface area contributed by atoms with Gasteiger partial charge in [0.1, 0.15) is 17.1 Å². The molecule has 9 nitrogen and oxygen atoms in total. The maximum Gasteiger partial charge on any atom is 0.411 e. The second kappa shape index (κ2) is 7.23. The van der Waals surface area contributed by atoms with Crippen molar-refractivity contribution in [2.24, 2.45) is 11.7 Å². The van der Waals surface area contributed by atoms with Gasteiger partial charge in [-0.3, -0.25) is 4.90 Å². The molecule has 0 radical (unpaired) electrons. The predicted molar refractivity (Wildman–Crippen MR) is 119 cm³/mol. The number of amides is 1. The van der Waals surface area contributed by atoms with Crippen molar-refractivity contribution in [2.75, 3.05) is 18.8 Å². The highest BCUT2D eigenvalue weighted by Crippen LogP contribution is 2.47. The number of pyridine rings is 1. The number of nitrogens with one attached hydrogen (secondary N) is 1. The zero-order valence-electron chi connectivity index (χ0n) is 17.7. The molecule has 32 heavy (non-hydrogen) atoms. The molecule has 1 saturated carbocycles. The number of anilines is 1.